The van der Waals surface area contributed by atoms with Gasteiger partial charge in [0.2, 0.25) is 0 Å². The maximum Gasteiger partial charge on any atom is 0.327 e. The van der Waals surface area contributed by atoms with Crippen LogP contribution in [0, 0.1) is 4.91 Å². The van der Waals surface area contributed by atoms with E-state index >= 15 is 0 Å². The number of halogens is 2. The third-order valence-corrected chi connectivity index (χ3v) is 3.15. The number of nitroso groups, excluding NO2 is 1. The van der Waals surface area contributed by atoms with Crippen LogP contribution in [0.2, 0.25) is 10.0 Å². The van der Waals surface area contributed by atoms with Crippen molar-refractivity contribution in [3.63, 3.8) is 0 Å². The second kappa shape index (κ2) is 7.16. The Bertz CT molecular complexity index is 482. The second-order valence-corrected chi connectivity index (χ2v) is 4.42. The Hall–Kier alpha value is -1.53. The van der Waals surface area contributed by atoms with Crippen molar-refractivity contribution < 1.29 is 9.53 Å². The minimum atomic E-state index is -0.557. The number of carbonyl (C=O) groups excluding carboxylic acids is 1. The molecule has 0 saturated carbocycles. The van der Waals surface area contributed by atoms with E-state index in [1.54, 1.807) is 19.1 Å². The highest BCUT2D eigenvalue weighted by atomic mass is 35.5. The van der Waals surface area contributed by atoms with E-state index in [1.165, 1.54) is 0 Å². The first kappa shape index (κ1) is 15.5. The summed E-state index contributed by atoms with van der Waals surface area (Å²) in [6, 6.07) is 3.11. The van der Waals surface area contributed by atoms with Crippen molar-refractivity contribution in [3.05, 3.63) is 32.6 Å². The van der Waals surface area contributed by atoms with Crippen LogP contribution in [0.5, 0.6) is 0 Å². The van der Waals surface area contributed by atoms with Crippen LogP contribution in [0.3, 0.4) is 0 Å². The number of ether oxygens (including phenoxy) is 1. The van der Waals surface area contributed by atoms with Gasteiger partial charge in [-0.2, -0.15) is 0 Å². The minimum absolute atomic E-state index is 0.0203. The maximum absolute atomic E-state index is 11.3. The summed E-state index contributed by atoms with van der Waals surface area (Å²) in [7, 11) is 0. The molecule has 1 aromatic rings. The molecule has 0 atom stereocenters. The molecule has 0 aliphatic carbocycles. The molecule has 0 spiro atoms. The summed E-state index contributed by atoms with van der Waals surface area (Å²) < 4.78 is 4.73. The van der Waals surface area contributed by atoms with Crippen molar-refractivity contribution in [2.75, 3.05) is 18.9 Å². The van der Waals surface area contributed by atoms with Crippen LogP contribution in [0.1, 0.15) is 12.5 Å². The summed E-state index contributed by atoms with van der Waals surface area (Å²) in [4.78, 5) is 22.0. The molecule has 0 amide bonds. The molecule has 0 aliphatic heterocycles. The number of hydrogen-bond acceptors (Lipinski definition) is 5. The van der Waals surface area contributed by atoms with Gasteiger partial charge in [-0.1, -0.05) is 23.2 Å². The number of nitrogens with zero attached hydrogens (tertiary/aromatic N) is 2. The Morgan fingerprint density at radius 3 is 2.74 bits per heavy atom. The molecule has 0 heterocycles. The third kappa shape index (κ3) is 4.25. The van der Waals surface area contributed by atoms with Crippen LogP contribution in [0.15, 0.2) is 17.4 Å². The van der Waals surface area contributed by atoms with E-state index in [4.69, 9.17) is 33.7 Å². The second-order valence-electron chi connectivity index (χ2n) is 3.64. The summed E-state index contributed by atoms with van der Waals surface area (Å²) >= 11 is 11.9. The predicted molar refractivity (Wildman–Crippen MR) is 73.7 cm³/mol. The highest BCUT2D eigenvalue weighted by Gasteiger charge is 2.16. The number of carbonyl (C=O) groups is 1. The van der Waals surface area contributed by atoms with Crippen LogP contribution in [0.25, 0.3) is 0 Å². The smallest absolute Gasteiger partial charge is 0.327 e. The Labute approximate surface area is 120 Å². The van der Waals surface area contributed by atoms with E-state index in [-0.39, 0.29) is 24.7 Å². The fraction of sp³-hybridized carbons (Fsp3) is 0.364. The van der Waals surface area contributed by atoms with Crippen molar-refractivity contribution in [1.82, 2.24) is 5.01 Å². The first-order valence-electron chi connectivity index (χ1n) is 5.45. The van der Waals surface area contributed by atoms with Crippen molar-refractivity contribution in [2.24, 2.45) is 5.29 Å². The summed E-state index contributed by atoms with van der Waals surface area (Å²) in [5.41, 5.74) is 6.56. The van der Waals surface area contributed by atoms with Crippen LogP contribution in [0.4, 0.5) is 5.69 Å². The molecule has 0 saturated heterocycles. The number of esters is 1. The van der Waals surface area contributed by atoms with Gasteiger partial charge in [-0.25, -0.2) is 5.01 Å². The van der Waals surface area contributed by atoms with Gasteiger partial charge in [0.25, 0.3) is 0 Å². The molecule has 1 aromatic carbocycles. The lowest BCUT2D eigenvalue weighted by atomic mass is 10.1. The number of rotatable bonds is 6. The molecular weight excluding hydrogens is 293 g/mol. The highest BCUT2D eigenvalue weighted by Crippen LogP contribution is 2.31. The number of benzene rings is 1. The lowest BCUT2D eigenvalue weighted by Gasteiger charge is -2.17. The Morgan fingerprint density at radius 1 is 1.47 bits per heavy atom. The van der Waals surface area contributed by atoms with Crippen molar-refractivity contribution >= 4 is 34.9 Å². The van der Waals surface area contributed by atoms with E-state index in [0.29, 0.717) is 16.3 Å². The molecular formula is C11H13Cl2N3O3. The standard InChI is InChI=1S/C11H13Cl2N3O3/c1-2-19-10(17)6-16(15-18)5-7-9(14)4-3-8(12)11(7)13/h3-4H,2,5-6,14H2,1H3. The first-order valence-corrected chi connectivity index (χ1v) is 6.21. The third-order valence-electron chi connectivity index (χ3n) is 2.31. The zero-order valence-electron chi connectivity index (χ0n) is 10.2. The molecule has 0 aliphatic rings. The monoisotopic (exact) mass is 305 g/mol. The molecule has 104 valence electrons. The average Bonchev–Trinajstić information content (AvgIpc) is 2.38. The van der Waals surface area contributed by atoms with Gasteiger partial charge in [0, 0.05) is 11.3 Å². The van der Waals surface area contributed by atoms with Gasteiger partial charge < -0.3 is 10.5 Å². The number of nitrogen functional groups attached to an aromatic ring is 1. The van der Waals surface area contributed by atoms with Crippen molar-refractivity contribution in [2.45, 2.75) is 13.5 Å². The van der Waals surface area contributed by atoms with Crippen molar-refractivity contribution in [1.29, 1.82) is 0 Å². The maximum atomic E-state index is 11.3. The zero-order valence-corrected chi connectivity index (χ0v) is 11.7. The molecule has 2 N–H and O–H groups in total. The molecule has 0 bridgehead atoms. The predicted octanol–water partition coefficient (Wildman–Crippen LogP) is 2.62. The summed E-state index contributed by atoms with van der Waals surface area (Å²) in [6.07, 6.45) is 0. The molecule has 0 fully saturated rings. The van der Waals surface area contributed by atoms with E-state index < -0.39 is 5.97 Å². The van der Waals surface area contributed by atoms with Crippen LogP contribution < -0.4 is 5.73 Å². The number of anilines is 1. The lowest BCUT2D eigenvalue weighted by molar-refractivity contribution is -0.144. The lowest BCUT2D eigenvalue weighted by Crippen LogP contribution is -2.26. The zero-order chi connectivity index (χ0) is 14.4. The molecule has 8 heteroatoms. The van der Waals surface area contributed by atoms with Gasteiger partial charge in [0.05, 0.1) is 28.5 Å². The Kier molecular flexibility index (Phi) is 5.85. The quantitative estimate of drug-likeness (QED) is 0.378. The van der Waals surface area contributed by atoms with E-state index in [1.807, 2.05) is 0 Å². The molecule has 0 radical (unpaired) electrons. The van der Waals surface area contributed by atoms with E-state index in [9.17, 15) is 9.70 Å². The van der Waals surface area contributed by atoms with Gasteiger partial charge in [0.1, 0.15) is 6.54 Å². The van der Waals surface area contributed by atoms with Crippen molar-refractivity contribution in [3.8, 4) is 0 Å². The number of nitrogens with two attached hydrogens (primary N) is 1. The normalized spacial score (nSPS) is 10.1. The van der Waals surface area contributed by atoms with Gasteiger partial charge in [-0.05, 0) is 19.1 Å². The molecule has 0 unspecified atom stereocenters. The molecule has 19 heavy (non-hydrogen) atoms. The summed E-state index contributed by atoms with van der Waals surface area (Å²) in [5, 5.41) is 4.26. The SMILES string of the molecule is CCOC(=O)CN(Cc1c(N)ccc(Cl)c1Cl)N=O. The van der Waals surface area contributed by atoms with Crippen LogP contribution in [-0.2, 0) is 16.1 Å². The molecule has 6 nitrogen and oxygen atoms in total. The van der Waals surface area contributed by atoms with E-state index in [0.717, 1.165) is 5.01 Å². The molecule has 0 aromatic heterocycles. The number of hydrogen-bond donors (Lipinski definition) is 1. The Balaban J connectivity index is 2.84. The topological polar surface area (TPSA) is 85.0 Å². The highest BCUT2D eigenvalue weighted by molar-refractivity contribution is 6.42. The Morgan fingerprint density at radius 2 is 2.16 bits per heavy atom. The summed E-state index contributed by atoms with van der Waals surface area (Å²) in [6.45, 7) is 1.60. The minimum Gasteiger partial charge on any atom is -0.465 e. The van der Waals surface area contributed by atoms with Crippen LogP contribution >= 0.6 is 23.2 Å². The summed E-state index contributed by atoms with van der Waals surface area (Å²) in [5.74, 6) is -0.557. The first-order chi connectivity index (χ1) is 8.99. The average molecular weight is 306 g/mol. The van der Waals surface area contributed by atoms with Crippen LogP contribution in [-0.4, -0.2) is 24.1 Å². The van der Waals surface area contributed by atoms with Gasteiger partial charge in [-0.15, -0.1) is 4.91 Å². The molecule has 1 rings (SSSR count). The van der Waals surface area contributed by atoms with Gasteiger partial charge in [0.15, 0.2) is 0 Å². The largest absolute Gasteiger partial charge is 0.465 e. The fourth-order valence-electron chi connectivity index (χ4n) is 1.42. The van der Waals surface area contributed by atoms with E-state index in [2.05, 4.69) is 5.29 Å². The van der Waals surface area contributed by atoms with Gasteiger partial charge in [-0.3, -0.25) is 4.79 Å². The fourth-order valence-corrected chi connectivity index (χ4v) is 1.83. The van der Waals surface area contributed by atoms with Gasteiger partial charge >= 0.3 is 5.97 Å².